The van der Waals surface area contributed by atoms with Gasteiger partial charge in [0.2, 0.25) is 0 Å². The zero-order valence-corrected chi connectivity index (χ0v) is 15.4. The predicted octanol–water partition coefficient (Wildman–Crippen LogP) is 3.53. The Morgan fingerprint density at radius 1 is 0.913 bits per heavy atom. The molecule has 4 fully saturated rings. The minimum atomic E-state index is 0.549. The molecule has 23 heavy (non-hydrogen) atoms. The van der Waals surface area contributed by atoms with E-state index in [-0.39, 0.29) is 0 Å². The largest absolute Gasteiger partial charge is 0.375 e. The molecule has 2 aliphatic carbocycles. The van der Waals surface area contributed by atoms with Crippen molar-refractivity contribution in [3.63, 3.8) is 0 Å². The van der Waals surface area contributed by atoms with Gasteiger partial charge in [-0.3, -0.25) is 0 Å². The number of rotatable bonds is 5. The van der Waals surface area contributed by atoms with E-state index in [0.29, 0.717) is 17.6 Å². The molecule has 0 aromatic carbocycles. The molecule has 0 amide bonds. The van der Waals surface area contributed by atoms with Crippen LogP contribution in [0, 0.1) is 10.8 Å². The number of hydrogen-bond acceptors (Lipinski definition) is 3. The molecule has 1 spiro atoms. The number of nitrogens with zero attached hydrogens (tertiary/aromatic N) is 2. The first-order chi connectivity index (χ1) is 11.1. The van der Waals surface area contributed by atoms with Crippen LogP contribution in [0.1, 0.15) is 64.7 Å². The van der Waals surface area contributed by atoms with Crippen molar-refractivity contribution >= 4 is 0 Å². The van der Waals surface area contributed by atoms with E-state index in [0.717, 1.165) is 5.41 Å². The van der Waals surface area contributed by atoms with Crippen molar-refractivity contribution in [1.82, 2.24) is 9.80 Å². The Bertz CT molecular complexity index is 396. The van der Waals surface area contributed by atoms with Crippen LogP contribution < -0.4 is 0 Å². The summed E-state index contributed by atoms with van der Waals surface area (Å²) >= 11 is 0. The van der Waals surface area contributed by atoms with Crippen LogP contribution in [0.3, 0.4) is 0 Å². The van der Waals surface area contributed by atoms with E-state index in [1.807, 2.05) is 0 Å². The molecule has 132 valence electrons. The molecule has 3 nitrogen and oxygen atoms in total. The number of hydrogen-bond donors (Lipinski definition) is 0. The molecule has 0 N–H and O–H groups in total. The van der Waals surface area contributed by atoms with Gasteiger partial charge < -0.3 is 14.5 Å². The monoisotopic (exact) mass is 320 g/mol. The molecule has 3 heteroatoms. The van der Waals surface area contributed by atoms with Crippen LogP contribution in [0.5, 0.6) is 0 Å². The highest BCUT2D eigenvalue weighted by Gasteiger charge is 2.48. The van der Waals surface area contributed by atoms with Gasteiger partial charge in [-0.2, -0.15) is 0 Å². The molecule has 2 aliphatic heterocycles. The average Bonchev–Trinajstić information content (AvgIpc) is 3.30. The molecule has 2 heterocycles. The second-order valence-electron chi connectivity index (χ2n) is 9.30. The van der Waals surface area contributed by atoms with Crippen molar-refractivity contribution in [2.75, 3.05) is 39.8 Å². The maximum atomic E-state index is 6.40. The first-order valence-electron chi connectivity index (χ1n) is 10.2. The third kappa shape index (κ3) is 3.62. The Kier molecular flexibility index (Phi) is 4.49. The normalized spacial score (nSPS) is 32.1. The molecule has 0 bridgehead atoms. The van der Waals surface area contributed by atoms with E-state index in [1.165, 1.54) is 90.5 Å². The second kappa shape index (κ2) is 6.31. The van der Waals surface area contributed by atoms with E-state index < -0.39 is 0 Å². The van der Waals surface area contributed by atoms with Crippen LogP contribution in [0.4, 0.5) is 0 Å². The van der Waals surface area contributed by atoms with Crippen molar-refractivity contribution in [1.29, 1.82) is 0 Å². The second-order valence-corrected chi connectivity index (χ2v) is 9.30. The summed E-state index contributed by atoms with van der Waals surface area (Å²) in [6.07, 6.45) is 13.5. The highest BCUT2D eigenvalue weighted by molar-refractivity contribution is 5.01. The Labute approximate surface area is 142 Å². The van der Waals surface area contributed by atoms with Crippen molar-refractivity contribution in [3.8, 4) is 0 Å². The molecule has 2 saturated carbocycles. The third-order valence-corrected chi connectivity index (χ3v) is 7.55. The van der Waals surface area contributed by atoms with E-state index in [4.69, 9.17) is 4.74 Å². The summed E-state index contributed by atoms with van der Waals surface area (Å²) in [6, 6.07) is 0. The molecule has 0 atom stereocenters. The lowest BCUT2D eigenvalue weighted by atomic mass is 9.61. The van der Waals surface area contributed by atoms with Gasteiger partial charge >= 0.3 is 0 Å². The fourth-order valence-corrected chi connectivity index (χ4v) is 5.26. The molecule has 0 aromatic rings. The van der Waals surface area contributed by atoms with Gasteiger partial charge in [-0.05, 0) is 88.8 Å². The minimum Gasteiger partial charge on any atom is -0.375 e. The molecular formula is C20H36N2O. The van der Waals surface area contributed by atoms with Crippen LogP contribution in [-0.4, -0.2) is 61.8 Å². The standard InChI is InChI=1S/C20H36N2O/c1-3-19(6-7-19)16-22-12-8-20(9-13-22)14-18(15-20)23-17-4-10-21(2)11-5-17/h17-18H,3-16H2,1-2H3. The summed E-state index contributed by atoms with van der Waals surface area (Å²) in [4.78, 5) is 5.20. The molecule has 0 unspecified atom stereocenters. The molecule has 0 aromatic heterocycles. The Morgan fingerprint density at radius 3 is 2.13 bits per heavy atom. The molecular weight excluding hydrogens is 284 g/mol. The summed E-state index contributed by atoms with van der Waals surface area (Å²) in [5.74, 6) is 0. The maximum absolute atomic E-state index is 6.40. The lowest BCUT2D eigenvalue weighted by Crippen LogP contribution is -2.51. The first-order valence-corrected chi connectivity index (χ1v) is 10.2. The van der Waals surface area contributed by atoms with Gasteiger partial charge in [0.15, 0.2) is 0 Å². The molecule has 0 radical (unpaired) electrons. The predicted molar refractivity (Wildman–Crippen MR) is 94.7 cm³/mol. The molecule has 4 aliphatic rings. The van der Waals surface area contributed by atoms with Crippen LogP contribution in [0.15, 0.2) is 0 Å². The number of ether oxygens (including phenoxy) is 1. The average molecular weight is 321 g/mol. The lowest BCUT2D eigenvalue weighted by molar-refractivity contribution is -0.141. The first kappa shape index (κ1) is 16.4. The topological polar surface area (TPSA) is 15.7 Å². The van der Waals surface area contributed by atoms with Crippen LogP contribution in [-0.2, 0) is 4.74 Å². The number of piperidine rings is 2. The van der Waals surface area contributed by atoms with Crippen molar-refractivity contribution in [2.45, 2.75) is 76.9 Å². The summed E-state index contributed by atoms with van der Waals surface area (Å²) < 4.78 is 6.40. The van der Waals surface area contributed by atoms with Crippen molar-refractivity contribution in [3.05, 3.63) is 0 Å². The van der Waals surface area contributed by atoms with Gasteiger partial charge in [0.25, 0.3) is 0 Å². The van der Waals surface area contributed by atoms with Crippen LogP contribution >= 0.6 is 0 Å². The quantitative estimate of drug-likeness (QED) is 0.771. The van der Waals surface area contributed by atoms with E-state index in [9.17, 15) is 0 Å². The fraction of sp³-hybridized carbons (Fsp3) is 1.00. The molecule has 4 rings (SSSR count). The third-order valence-electron chi connectivity index (χ3n) is 7.55. The zero-order valence-electron chi connectivity index (χ0n) is 15.4. The van der Waals surface area contributed by atoms with Gasteiger partial charge in [0.1, 0.15) is 0 Å². The van der Waals surface area contributed by atoms with Crippen LogP contribution in [0.25, 0.3) is 0 Å². The summed E-state index contributed by atoms with van der Waals surface area (Å²) in [5, 5.41) is 0. The minimum absolute atomic E-state index is 0.549. The Morgan fingerprint density at radius 2 is 1.57 bits per heavy atom. The molecule has 2 saturated heterocycles. The lowest BCUT2D eigenvalue weighted by Gasteiger charge is -2.53. The summed E-state index contributed by atoms with van der Waals surface area (Å²) in [5.41, 5.74) is 1.39. The number of likely N-dealkylation sites (tertiary alicyclic amines) is 2. The van der Waals surface area contributed by atoms with Crippen molar-refractivity contribution in [2.24, 2.45) is 10.8 Å². The van der Waals surface area contributed by atoms with E-state index >= 15 is 0 Å². The smallest absolute Gasteiger partial charge is 0.0603 e. The van der Waals surface area contributed by atoms with Crippen LogP contribution in [0.2, 0.25) is 0 Å². The Hall–Kier alpha value is -0.120. The van der Waals surface area contributed by atoms with E-state index in [2.05, 4.69) is 23.8 Å². The van der Waals surface area contributed by atoms with Gasteiger partial charge in [-0.25, -0.2) is 0 Å². The van der Waals surface area contributed by atoms with Gasteiger partial charge in [0.05, 0.1) is 12.2 Å². The summed E-state index contributed by atoms with van der Waals surface area (Å²) in [6.45, 7) is 8.91. The summed E-state index contributed by atoms with van der Waals surface area (Å²) in [7, 11) is 2.23. The van der Waals surface area contributed by atoms with Gasteiger partial charge in [-0.1, -0.05) is 6.92 Å². The van der Waals surface area contributed by atoms with Gasteiger partial charge in [-0.15, -0.1) is 0 Å². The van der Waals surface area contributed by atoms with Crippen molar-refractivity contribution < 1.29 is 4.74 Å². The fourth-order valence-electron chi connectivity index (χ4n) is 5.26. The van der Waals surface area contributed by atoms with E-state index in [1.54, 1.807) is 0 Å². The van der Waals surface area contributed by atoms with Gasteiger partial charge in [0, 0.05) is 19.6 Å². The SMILES string of the molecule is CCC1(CN2CCC3(CC2)CC(OC2CCN(C)CC2)C3)CC1. The Balaban J connectivity index is 1.17. The zero-order chi connectivity index (χ0) is 15.9. The highest BCUT2D eigenvalue weighted by atomic mass is 16.5. The maximum Gasteiger partial charge on any atom is 0.0603 e. The highest BCUT2D eigenvalue weighted by Crippen LogP contribution is 2.53.